The van der Waals surface area contributed by atoms with Crippen LogP contribution < -0.4 is 26.0 Å². The van der Waals surface area contributed by atoms with Crippen LogP contribution in [-0.2, 0) is 20.9 Å². The summed E-state index contributed by atoms with van der Waals surface area (Å²) < 4.78 is 19.9. The molecular formula is C45H56ClFN10O5S2. The lowest BCUT2D eigenvalue weighted by atomic mass is 10.00. The van der Waals surface area contributed by atoms with Gasteiger partial charge in [-0.1, -0.05) is 42.8 Å². The van der Waals surface area contributed by atoms with E-state index in [2.05, 4.69) is 48.0 Å². The lowest BCUT2D eigenvalue weighted by molar-refractivity contribution is -0.143. The van der Waals surface area contributed by atoms with E-state index >= 15 is 4.39 Å². The van der Waals surface area contributed by atoms with Crippen LogP contribution >= 0.6 is 34.7 Å². The zero-order valence-electron chi connectivity index (χ0n) is 37.0. The molecule has 2 aliphatic heterocycles. The molecule has 3 aliphatic rings. The van der Waals surface area contributed by atoms with Crippen LogP contribution in [0, 0.1) is 6.92 Å². The van der Waals surface area contributed by atoms with Crippen LogP contribution in [0.15, 0.2) is 54.2 Å². The van der Waals surface area contributed by atoms with Crippen molar-refractivity contribution in [3.63, 3.8) is 0 Å². The monoisotopic (exact) mass is 934 g/mol. The fraction of sp³-hybridized carbons (Fsp3) is 0.489. The quantitative estimate of drug-likeness (QED) is 0.0932. The molecule has 4 N–H and O–H groups in total. The standard InChI is InChI=1S/C45H56ClFN10O5S2/c1-27(25-55-18-20-56(21-19-55)40(59)31-13-14-33(35(22-31)62-6)52-43-50-24-32(46)38(48-5)54-43)64-44(3,4)37(53-42(61)45(47)15-16-45)41(60)57-17-7-8-34(57)39(58)49-23-29-9-11-30(12-10-29)36-28(2)51-26-63-36/h9-14,22,24,26-27,34,37H,7-8,15-21,23,25H2,1-6H3,(H,49,58)(H,53,61)(H2,48,50,52,54)/t27-,34?,37+/m0/s1. The molecule has 4 amide bonds. The van der Waals surface area contributed by atoms with Crippen LogP contribution in [-0.4, -0.2) is 134 Å². The van der Waals surface area contributed by atoms with Crippen molar-refractivity contribution in [2.75, 3.05) is 64.1 Å². The smallest absolute Gasteiger partial charge is 0.258 e. The Morgan fingerprint density at radius 1 is 1.06 bits per heavy atom. The number of carbonyl (C=O) groups is 4. The number of thiazole rings is 1. The lowest BCUT2D eigenvalue weighted by Crippen LogP contribution is -2.61. The second-order valence-corrected chi connectivity index (χ2v) is 20.4. The highest BCUT2D eigenvalue weighted by Crippen LogP contribution is 2.41. The van der Waals surface area contributed by atoms with Gasteiger partial charge in [0.15, 0.2) is 5.67 Å². The van der Waals surface area contributed by atoms with E-state index < -0.39 is 34.3 Å². The van der Waals surface area contributed by atoms with Crippen molar-refractivity contribution >= 4 is 75.8 Å². The van der Waals surface area contributed by atoms with Gasteiger partial charge in [0.1, 0.15) is 28.7 Å². The van der Waals surface area contributed by atoms with Crippen LogP contribution in [0.25, 0.3) is 10.4 Å². The first kappa shape index (κ1) is 46.9. The number of rotatable bonds is 17. The van der Waals surface area contributed by atoms with E-state index in [1.165, 1.54) is 13.3 Å². The number of ether oxygens (including phenoxy) is 1. The molecule has 0 radical (unpaired) electrons. The van der Waals surface area contributed by atoms with Gasteiger partial charge in [-0.15, -0.1) is 23.1 Å². The molecule has 0 spiro atoms. The Kier molecular flexibility index (Phi) is 14.7. The number of nitrogens with zero attached hydrogens (tertiary/aromatic N) is 6. The lowest BCUT2D eigenvalue weighted by Gasteiger charge is -2.40. The molecule has 0 bridgehead atoms. The van der Waals surface area contributed by atoms with E-state index in [1.54, 1.807) is 53.2 Å². The number of nitrogens with one attached hydrogen (secondary N) is 4. The minimum atomic E-state index is -1.98. The van der Waals surface area contributed by atoms with E-state index in [9.17, 15) is 19.2 Å². The van der Waals surface area contributed by atoms with Crippen LogP contribution in [0.2, 0.25) is 5.02 Å². The van der Waals surface area contributed by atoms with Crippen molar-refractivity contribution in [2.24, 2.45) is 0 Å². The first-order valence-corrected chi connectivity index (χ1v) is 23.6. The number of carbonyl (C=O) groups excluding carboxylic acids is 4. The molecule has 7 rings (SSSR count). The van der Waals surface area contributed by atoms with Gasteiger partial charge in [-0.3, -0.25) is 24.1 Å². The molecule has 2 aromatic heterocycles. The largest absolute Gasteiger partial charge is 0.495 e. The number of aromatic nitrogens is 3. The second-order valence-electron chi connectivity index (χ2n) is 17.0. The maximum atomic E-state index is 15.1. The molecular weight excluding hydrogens is 879 g/mol. The van der Waals surface area contributed by atoms with Gasteiger partial charge in [0.05, 0.1) is 35.1 Å². The number of methoxy groups -OCH3 is 1. The molecule has 4 heterocycles. The third-order valence-corrected chi connectivity index (χ3v) is 14.6. The van der Waals surface area contributed by atoms with E-state index in [0.717, 1.165) is 21.7 Å². The van der Waals surface area contributed by atoms with Gasteiger partial charge in [-0.2, -0.15) is 4.98 Å². The van der Waals surface area contributed by atoms with E-state index in [1.807, 2.05) is 55.4 Å². The first-order chi connectivity index (χ1) is 30.6. The molecule has 3 fully saturated rings. The zero-order valence-corrected chi connectivity index (χ0v) is 39.4. The molecule has 64 heavy (non-hydrogen) atoms. The predicted molar refractivity (Wildman–Crippen MR) is 250 cm³/mol. The number of likely N-dealkylation sites (tertiary alicyclic amines) is 1. The van der Waals surface area contributed by atoms with E-state index in [4.69, 9.17) is 16.3 Å². The number of piperazine rings is 1. The molecule has 1 unspecified atom stereocenters. The zero-order chi connectivity index (χ0) is 45.8. The number of amides is 4. The van der Waals surface area contributed by atoms with Gasteiger partial charge in [0, 0.05) is 68.4 Å². The maximum Gasteiger partial charge on any atom is 0.258 e. The third kappa shape index (κ3) is 10.9. The van der Waals surface area contributed by atoms with E-state index in [-0.39, 0.29) is 29.9 Å². The minimum Gasteiger partial charge on any atom is -0.495 e. The average molecular weight is 936 g/mol. The Balaban J connectivity index is 0.940. The number of benzene rings is 2. The summed E-state index contributed by atoms with van der Waals surface area (Å²) in [5.74, 6) is -0.312. The third-order valence-electron chi connectivity index (χ3n) is 11.9. The number of hydrogen-bond acceptors (Lipinski definition) is 13. The summed E-state index contributed by atoms with van der Waals surface area (Å²) in [6, 6.07) is 11.4. The van der Waals surface area contributed by atoms with E-state index in [0.29, 0.717) is 92.4 Å². The number of alkyl halides is 1. The Bertz CT molecular complexity index is 2340. The molecule has 3 atom stereocenters. The second kappa shape index (κ2) is 20.0. The molecule has 4 aromatic rings. The van der Waals surface area contributed by atoms with Crippen molar-refractivity contribution in [1.29, 1.82) is 0 Å². The molecule has 2 saturated heterocycles. The molecule has 15 nitrogen and oxygen atoms in total. The van der Waals surface area contributed by atoms with Gasteiger partial charge < -0.3 is 35.8 Å². The number of hydrogen-bond donors (Lipinski definition) is 4. The van der Waals surface area contributed by atoms with Crippen LogP contribution in [0.1, 0.15) is 68.1 Å². The highest BCUT2D eigenvalue weighted by Gasteiger charge is 2.54. The molecule has 1 saturated carbocycles. The summed E-state index contributed by atoms with van der Waals surface area (Å²) in [6.45, 7) is 11.4. The van der Waals surface area contributed by atoms with Crippen LogP contribution in [0.4, 0.5) is 21.8 Å². The normalized spacial score (nSPS) is 18.2. The molecule has 342 valence electrons. The Morgan fingerprint density at radius 3 is 2.45 bits per heavy atom. The first-order valence-electron chi connectivity index (χ1n) is 21.5. The number of halogens is 2. The fourth-order valence-corrected chi connectivity index (χ4v) is 10.8. The van der Waals surface area contributed by atoms with Crippen LogP contribution in [0.3, 0.4) is 0 Å². The minimum absolute atomic E-state index is 0.00752. The predicted octanol–water partition coefficient (Wildman–Crippen LogP) is 6.31. The highest BCUT2D eigenvalue weighted by atomic mass is 35.5. The van der Waals surface area contributed by atoms with Crippen LogP contribution in [0.5, 0.6) is 5.75 Å². The fourth-order valence-electron chi connectivity index (χ4n) is 8.21. The van der Waals surface area contributed by atoms with Crippen molar-refractivity contribution in [2.45, 2.75) is 87.7 Å². The topological polar surface area (TPSA) is 174 Å². The SMILES string of the molecule is CNc1nc(Nc2ccc(C(=O)N3CCN(C[C@H](C)SC(C)(C)[C@H](NC(=O)C4(F)CC4)C(=O)N4CCCC4C(=O)NCc4ccc(-c5scnc5C)cc4)CC3)cc2OC)ncc1Cl. The van der Waals surface area contributed by atoms with Crippen molar-refractivity contribution in [3.8, 4) is 16.2 Å². The molecule has 19 heteroatoms. The molecule has 1 aliphatic carbocycles. The highest BCUT2D eigenvalue weighted by molar-refractivity contribution is 8.01. The number of anilines is 3. The van der Waals surface area contributed by atoms with Gasteiger partial charge in [0.25, 0.3) is 11.8 Å². The summed E-state index contributed by atoms with van der Waals surface area (Å²) in [7, 11) is 3.24. The summed E-state index contributed by atoms with van der Waals surface area (Å²) >= 11 is 9.26. The summed E-state index contributed by atoms with van der Waals surface area (Å²) in [5, 5.41) is 12.2. The van der Waals surface area contributed by atoms with Crippen molar-refractivity contribution in [1.82, 2.24) is 40.3 Å². The summed E-state index contributed by atoms with van der Waals surface area (Å²) in [6.07, 6.45) is 2.84. The Labute approximate surface area is 386 Å². The Hall–Kier alpha value is -5.04. The Morgan fingerprint density at radius 2 is 1.80 bits per heavy atom. The summed E-state index contributed by atoms with van der Waals surface area (Å²) in [4.78, 5) is 74.8. The van der Waals surface area contributed by atoms with Gasteiger partial charge >= 0.3 is 0 Å². The van der Waals surface area contributed by atoms with Crippen molar-refractivity contribution in [3.05, 3.63) is 76.0 Å². The van der Waals surface area contributed by atoms with Crippen molar-refractivity contribution < 1.29 is 28.3 Å². The van der Waals surface area contributed by atoms with Gasteiger partial charge in [0.2, 0.25) is 17.8 Å². The number of thioether (sulfide) groups is 1. The maximum absolute atomic E-state index is 15.1. The average Bonchev–Trinajstić information content (AvgIpc) is 3.62. The number of aryl methyl sites for hydroxylation is 1. The summed E-state index contributed by atoms with van der Waals surface area (Å²) in [5.41, 5.74) is 3.87. The van der Waals surface area contributed by atoms with Gasteiger partial charge in [-0.25, -0.2) is 14.4 Å². The van der Waals surface area contributed by atoms with Gasteiger partial charge in [-0.05, 0) is 75.8 Å². The molecule has 2 aromatic carbocycles.